The molecule has 0 spiro atoms. The van der Waals surface area contributed by atoms with E-state index in [0.717, 1.165) is 0 Å². The molecule has 0 amide bonds. The van der Waals surface area contributed by atoms with Crippen molar-refractivity contribution in [3.63, 3.8) is 0 Å². The molecule has 0 bridgehead atoms. The maximum atomic E-state index is 13.9. The smallest absolute Gasteiger partial charge is 0.340 e. The molecule has 0 saturated carbocycles. The Morgan fingerprint density at radius 3 is 1.90 bits per heavy atom. The third-order valence-electron chi connectivity index (χ3n) is 5.27. The summed E-state index contributed by atoms with van der Waals surface area (Å²) in [6, 6.07) is 16.3. The first-order chi connectivity index (χ1) is 13.9. The first kappa shape index (κ1) is 20.9. The maximum absolute atomic E-state index is 13.9. The minimum atomic E-state index is -2.85. The lowest BCUT2D eigenvalue weighted by Crippen LogP contribution is -2.43. The van der Waals surface area contributed by atoms with Crippen LogP contribution < -0.4 is 0 Å². The number of esters is 2. The van der Waals surface area contributed by atoms with Crippen LogP contribution in [0.4, 0.5) is 8.78 Å². The molecule has 1 saturated heterocycles. The number of hydrogen-bond donors (Lipinski definition) is 0. The molecule has 2 aromatic rings. The van der Waals surface area contributed by atoms with Crippen molar-refractivity contribution < 1.29 is 32.6 Å². The summed E-state index contributed by atoms with van der Waals surface area (Å²) in [5, 5.41) is 0. The average molecular weight is 404 g/mol. The van der Waals surface area contributed by atoms with Gasteiger partial charge >= 0.3 is 11.9 Å². The Balaban J connectivity index is 1.86. The second kappa shape index (κ2) is 8.69. The summed E-state index contributed by atoms with van der Waals surface area (Å²) in [7, 11) is 0. The Hall–Kier alpha value is -2.80. The first-order valence-corrected chi connectivity index (χ1v) is 9.37. The summed E-state index contributed by atoms with van der Waals surface area (Å²) >= 11 is 0. The number of rotatable bonds is 6. The van der Waals surface area contributed by atoms with Crippen molar-refractivity contribution in [2.75, 3.05) is 0 Å². The molecule has 1 unspecified atom stereocenters. The van der Waals surface area contributed by atoms with Crippen LogP contribution in [0.15, 0.2) is 60.7 Å². The summed E-state index contributed by atoms with van der Waals surface area (Å²) in [6.07, 6.45) is -5.51. The zero-order valence-electron chi connectivity index (χ0n) is 16.1. The third kappa shape index (κ3) is 4.15. The van der Waals surface area contributed by atoms with Gasteiger partial charge in [-0.25, -0.2) is 18.4 Å². The van der Waals surface area contributed by atoms with Crippen LogP contribution in [0.3, 0.4) is 0 Å². The summed E-state index contributed by atoms with van der Waals surface area (Å²) < 4.78 is 44.2. The molecule has 0 radical (unpaired) electrons. The molecule has 3 rings (SSSR count). The average Bonchev–Trinajstić information content (AvgIpc) is 3.01. The van der Waals surface area contributed by atoms with Gasteiger partial charge in [-0.05, 0) is 30.7 Å². The second-order valence-electron chi connectivity index (χ2n) is 6.89. The van der Waals surface area contributed by atoms with Crippen LogP contribution in [0.25, 0.3) is 0 Å². The zero-order valence-corrected chi connectivity index (χ0v) is 16.1. The van der Waals surface area contributed by atoms with Gasteiger partial charge in [-0.3, -0.25) is 0 Å². The standard InChI is InChI=1S/C22H22F2O5/c1-3-22(21(23)24)14(2)17(27-18(25)15-10-6-4-7-11-15)20(29-22)28-19(26)16-12-8-5-9-13-16/h4-14,17,20-21H,3H2,1-2H3/t14-,17+,20?,22+/m0/s1. The van der Waals surface area contributed by atoms with Gasteiger partial charge in [-0.1, -0.05) is 50.2 Å². The number of ether oxygens (including phenoxy) is 3. The lowest BCUT2D eigenvalue weighted by Gasteiger charge is -2.30. The van der Waals surface area contributed by atoms with Crippen LogP contribution in [-0.2, 0) is 14.2 Å². The molecule has 1 heterocycles. The molecule has 1 fully saturated rings. The lowest BCUT2D eigenvalue weighted by molar-refractivity contribution is -0.203. The molecule has 0 N–H and O–H groups in total. The Kier molecular flexibility index (Phi) is 6.27. The number of benzene rings is 2. The Bertz CT molecular complexity index is 843. The molecule has 5 nitrogen and oxygen atoms in total. The van der Waals surface area contributed by atoms with Gasteiger partial charge in [0.25, 0.3) is 6.43 Å². The highest BCUT2D eigenvalue weighted by atomic mass is 19.3. The SMILES string of the molecule is CC[C@@]1(C(F)F)OC(OC(=O)c2ccccc2)[C@H](OC(=O)c2ccccc2)[C@@H]1C. The number of carbonyl (C=O) groups is 2. The molecule has 0 aromatic heterocycles. The van der Waals surface area contributed by atoms with Crippen molar-refractivity contribution in [3.8, 4) is 0 Å². The van der Waals surface area contributed by atoms with Crippen LogP contribution in [-0.4, -0.2) is 36.4 Å². The molecule has 154 valence electrons. The molecule has 0 aliphatic carbocycles. The quantitative estimate of drug-likeness (QED) is 0.665. The highest BCUT2D eigenvalue weighted by Gasteiger charge is 2.60. The third-order valence-corrected chi connectivity index (χ3v) is 5.27. The summed E-state index contributed by atoms with van der Waals surface area (Å²) in [6.45, 7) is 3.06. The Morgan fingerprint density at radius 2 is 1.45 bits per heavy atom. The fourth-order valence-electron chi connectivity index (χ4n) is 3.48. The normalized spacial score (nSPS) is 26.3. The topological polar surface area (TPSA) is 61.8 Å². The number of alkyl halides is 2. The molecule has 4 atom stereocenters. The van der Waals surface area contributed by atoms with Gasteiger partial charge in [0.1, 0.15) is 5.60 Å². The van der Waals surface area contributed by atoms with E-state index in [1.807, 2.05) is 0 Å². The Morgan fingerprint density at radius 1 is 0.966 bits per heavy atom. The molecule has 1 aliphatic rings. The van der Waals surface area contributed by atoms with Gasteiger partial charge < -0.3 is 14.2 Å². The van der Waals surface area contributed by atoms with Crippen LogP contribution in [0.5, 0.6) is 0 Å². The molecule has 2 aromatic carbocycles. The summed E-state index contributed by atoms with van der Waals surface area (Å²) in [4.78, 5) is 25.0. The second-order valence-corrected chi connectivity index (χ2v) is 6.89. The van der Waals surface area contributed by atoms with E-state index in [1.165, 1.54) is 19.1 Å². The highest BCUT2D eigenvalue weighted by Crippen LogP contribution is 2.45. The van der Waals surface area contributed by atoms with Gasteiger partial charge in [0.15, 0.2) is 6.10 Å². The van der Waals surface area contributed by atoms with Crippen molar-refractivity contribution in [2.45, 2.75) is 44.7 Å². The van der Waals surface area contributed by atoms with E-state index in [-0.39, 0.29) is 17.5 Å². The van der Waals surface area contributed by atoms with E-state index in [4.69, 9.17) is 14.2 Å². The van der Waals surface area contributed by atoms with Crippen molar-refractivity contribution in [1.82, 2.24) is 0 Å². The molecule has 29 heavy (non-hydrogen) atoms. The largest absolute Gasteiger partial charge is 0.452 e. The van der Waals surface area contributed by atoms with Gasteiger partial charge in [0.2, 0.25) is 6.29 Å². The zero-order chi connectivity index (χ0) is 21.0. The van der Waals surface area contributed by atoms with Gasteiger partial charge in [0.05, 0.1) is 11.1 Å². The van der Waals surface area contributed by atoms with E-state index in [0.29, 0.717) is 0 Å². The van der Waals surface area contributed by atoms with Gasteiger partial charge in [-0.15, -0.1) is 0 Å². The fourth-order valence-corrected chi connectivity index (χ4v) is 3.48. The number of carbonyl (C=O) groups excluding carboxylic acids is 2. The first-order valence-electron chi connectivity index (χ1n) is 9.37. The Labute approximate surface area is 167 Å². The van der Waals surface area contributed by atoms with E-state index < -0.39 is 42.3 Å². The lowest BCUT2D eigenvalue weighted by atomic mass is 9.85. The van der Waals surface area contributed by atoms with Crippen LogP contribution in [0.1, 0.15) is 41.0 Å². The van der Waals surface area contributed by atoms with Crippen LogP contribution in [0.2, 0.25) is 0 Å². The minimum absolute atomic E-state index is 0.0371. The summed E-state index contributed by atoms with van der Waals surface area (Å²) in [5.41, 5.74) is -1.38. The van der Waals surface area contributed by atoms with E-state index in [9.17, 15) is 18.4 Å². The minimum Gasteiger partial charge on any atom is -0.452 e. The molecule has 7 heteroatoms. The monoisotopic (exact) mass is 404 g/mol. The molecule has 1 aliphatic heterocycles. The number of hydrogen-bond acceptors (Lipinski definition) is 5. The van der Waals surface area contributed by atoms with Gasteiger partial charge in [-0.2, -0.15) is 0 Å². The maximum Gasteiger partial charge on any atom is 0.340 e. The van der Waals surface area contributed by atoms with E-state index >= 15 is 0 Å². The summed E-state index contributed by atoms with van der Waals surface area (Å²) in [5.74, 6) is -2.34. The van der Waals surface area contributed by atoms with Gasteiger partial charge in [0, 0.05) is 5.92 Å². The van der Waals surface area contributed by atoms with E-state index in [1.54, 1.807) is 55.5 Å². The van der Waals surface area contributed by atoms with E-state index in [2.05, 4.69) is 0 Å². The van der Waals surface area contributed by atoms with Crippen molar-refractivity contribution in [3.05, 3.63) is 71.8 Å². The number of halogens is 2. The van der Waals surface area contributed by atoms with Crippen molar-refractivity contribution in [1.29, 1.82) is 0 Å². The highest BCUT2D eigenvalue weighted by molar-refractivity contribution is 5.90. The molecular formula is C22H22F2O5. The van der Waals surface area contributed by atoms with Crippen molar-refractivity contribution in [2.24, 2.45) is 5.92 Å². The molecular weight excluding hydrogens is 382 g/mol. The van der Waals surface area contributed by atoms with Crippen molar-refractivity contribution >= 4 is 11.9 Å². The fraction of sp³-hybridized carbons (Fsp3) is 0.364. The van der Waals surface area contributed by atoms with Crippen LogP contribution >= 0.6 is 0 Å². The predicted octanol–water partition coefficient (Wildman–Crippen LogP) is 4.48. The van der Waals surface area contributed by atoms with Crippen LogP contribution in [0, 0.1) is 5.92 Å². The predicted molar refractivity (Wildman–Crippen MR) is 101 cm³/mol.